The summed E-state index contributed by atoms with van der Waals surface area (Å²) in [7, 11) is 1.65. The molecule has 0 radical (unpaired) electrons. The highest BCUT2D eigenvalue weighted by Gasteiger charge is 2.34. The minimum atomic E-state index is 0.0549. The van der Waals surface area contributed by atoms with Crippen LogP contribution >= 0.6 is 0 Å². The smallest absolute Gasteiger partial charge is 0.242 e. The Kier molecular flexibility index (Phi) is 4.84. The highest BCUT2D eigenvalue weighted by Crippen LogP contribution is 2.34. The molecule has 2 fully saturated rings. The first-order valence-corrected chi connectivity index (χ1v) is 8.40. The predicted octanol–water partition coefficient (Wildman–Crippen LogP) is 2.37. The van der Waals surface area contributed by atoms with Gasteiger partial charge in [-0.2, -0.15) is 0 Å². The highest BCUT2D eigenvalue weighted by molar-refractivity contribution is 5.85. The zero-order valence-electron chi connectivity index (χ0n) is 13.7. The van der Waals surface area contributed by atoms with Crippen LogP contribution in [0.15, 0.2) is 24.3 Å². The lowest BCUT2D eigenvalue weighted by molar-refractivity contribution is -0.145. The van der Waals surface area contributed by atoms with Gasteiger partial charge in [0.2, 0.25) is 11.8 Å². The molecule has 1 aromatic rings. The van der Waals surface area contributed by atoms with Crippen molar-refractivity contribution in [2.45, 2.75) is 38.1 Å². The van der Waals surface area contributed by atoms with Crippen LogP contribution in [-0.4, -0.2) is 48.4 Å². The fourth-order valence-corrected chi connectivity index (χ4v) is 3.34. The van der Waals surface area contributed by atoms with Crippen molar-refractivity contribution in [1.82, 2.24) is 9.80 Å². The Morgan fingerprint density at radius 2 is 2.13 bits per heavy atom. The Morgan fingerprint density at radius 3 is 2.87 bits per heavy atom. The number of methoxy groups -OCH3 is 1. The van der Waals surface area contributed by atoms with Crippen LogP contribution in [0.3, 0.4) is 0 Å². The normalized spacial score (nSPS) is 21.6. The summed E-state index contributed by atoms with van der Waals surface area (Å²) in [5.41, 5.74) is 1.10. The number of carbonyl (C=O) groups excluding carboxylic acids is 2. The molecule has 3 rings (SSSR count). The van der Waals surface area contributed by atoms with E-state index in [0.29, 0.717) is 13.0 Å². The van der Waals surface area contributed by atoms with Gasteiger partial charge in [-0.05, 0) is 37.0 Å². The van der Waals surface area contributed by atoms with Gasteiger partial charge in [-0.15, -0.1) is 0 Å². The molecule has 5 nitrogen and oxygen atoms in total. The van der Waals surface area contributed by atoms with E-state index in [1.807, 2.05) is 29.2 Å². The molecule has 2 saturated heterocycles. The Balaban J connectivity index is 1.64. The molecule has 2 aliphatic heterocycles. The maximum absolute atomic E-state index is 12.6. The summed E-state index contributed by atoms with van der Waals surface area (Å²) in [4.78, 5) is 28.3. The molecular weight excluding hydrogens is 292 g/mol. The summed E-state index contributed by atoms with van der Waals surface area (Å²) in [6, 6.07) is 7.99. The van der Waals surface area contributed by atoms with Gasteiger partial charge in [0.15, 0.2) is 0 Å². The maximum atomic E-state index is 12.6. The van der Waals surface area contributed by atoms with E-state index in [1.165, 1.54) is 0 Å². The Hall–Kier alpha value is -2.04. The molecule has 1 atom stereocenters. The van der Waals surface area contributed by atoms with Crippen molar-refractivity contribution in [3.05, 3.63) is 29.8 Å². The molecular formula is C18H24N2O3. The number of ether oxygens (including phenoxy) is 1. The number of hydrogen-bond donors (Lipinski definition) is 0. The van der Waals surface area contributed by atoms with Crippen molar-refractivity contribution >= 4 is 11.8 Å². The average Bonchev–Trinajstić information content (AvgIpc) is 2.71. The second-order valence-corrected chi connectivity index (χ2v) is 6.29. The molecule has 5 heteroatoms. The number of likely N-dealkylation sites (tertiary alicyclic amines) is 2. The van der Waals surface area contributed by atoms with Gasteiger partial charge in [0.05, 0.1) is 19.7 Å². The quantitative estimate of drug-likeness (QED) is 0.857. The van der Waals surface area contributed by atoms with E-state index < -0.39 is 0 Å². The van der Waals surface area contributed by atoms with E-state index in [1.54, 1.807) is 12.0 Å². The van der Waals surface area contributed by atoms with E-state index in [-0.39, 0.29) is 24.4 Å². The molecule has 1 aromatic carbocycles. The van der Waals surface area contributed by atoms with Gasteiger partial charge in [0.1, 0.15) is 5.75 Å². The molecule has 0 N–H and O–H groups in total. The van der Waals surface area contributed by atoms with E-state index in [2.05, 4.69) is 0 Å². The van der Waals surface area contributed by atoms with Crippen molar-refractivity contribution in [2.24, 2.45) is 0 Å². The number of rotatable bonds is 4. The van der Waals surface area contributed by atoms with Crippen LogP contribution in [-0.2, 0) is 9.59 Å². The average molecular weight is 316 g/mol. The zero-order valence-corrected chi connectivity index (χ0v) is 13.7. The van der Waals surface area contributed by atoms with Gasteiger partial charge in [-0.25, -0.2) is 0 Å². The first-order chi connectivity index (χ1) is 11.2. The van der Waals surface area contributed by atoms with Gasteiger partial charge >= 0.3 is 0 Å². The Morgan fingerprint density at radius 1 is 1.26 bits per heavy atom. The lowest BCUT2D eigenvalue weighted by Gasteiger charge is -2.42. The second kappa shape index (κ2) is 7.02. The van der Waals surface area contributed by atoms with Crippen LogP contribution in [0.4, 0.5) is 0 Å². The molecule has 2 aliphatic rings. The highest BCUT2D eigenvalue weighted by atomic mass is 16.5. The van der Waals surface area contributed by atoms with E-state index in [4.69, 9.17) is 4.74 Å². The van der Waals surface area contributed by atoms with Crippen LogP contribution in [0.2, 0.25) is 0 Å². The number of amides is 2. The molecule has 23 heavy (non-hydrogen) atoms. The SMILES string of the molecule is COc1cccc([C@H]2CCN2C(=O)CN2CCCCCC2=O)c1. The summed E-state index contributed by atoms with van der Waals surface area (Å²) in [5, 5.41) is 0. The third-order valence-corrected chi connectivity index (χ3v) is 4.82. The van der Waals surface area contributed by atoms with Crippen molar-refractivity contribution in [3.8, 4) is 5.75 Å². The minimum Gasteiger partial charge on any atom is -0.497 e. The van der Waals surface area contributed by atoms with Crippen LogP contribution in [0.5, 0.6) is 5.75 Å². The summed E-state index contributed by atoms with van der Waals surface area (Å²) in [5.74, 6) is 0.984. The van der Waals surface area contributed by atoms with Crippen LogP contribution in [0.1, 0.15) is 43.7 Å². The van der Waals surface area contributed by atoms with Crippen LogP contribution in [0.25, 0.3) is 0 Å². The van der Waals surface area contributed by atoms with E-state index in [0.717, 1.165) is 43.5 Å². The maximum Gasteiger partial charge on any atom is 0.242 e. The molecule has 0 aromatic heterocycles. The first-order valence-electron chi connectivity index (χ1n) is 8.40. The topological polar surface area (TPSA) is 49.9 Å². The van der Waals surface area contributed by atoms with E-state index in [9.17, 15) is 9.59 Å². The summed E-state index contributed by atoms with van der Waals surface area (Å²) in [6.45, 7) is 1.70. The van der Waals surface area contributed by atoms with Crippen LogP contribution in [0, 0.1) is 0 Å². The predicted molar refractivity (Wildman–Crippen MR) is 87.1 cm³/mol. The lowest BCUT2D eigenvalue weighted by Crippen LogP contribution is -2.50. The third-order valence-electron chi connectivity index (χ3n) is 4.82. The monoisotopic (exact) mass is 316 g/mol. The molecule has 2 amide bonds. The van der Waals surface area contributed by atoms with Gasteiger partial charge in [0, 0.05) is 19.5 Å². The van der Waals surface area contributed by atoms with Gasteiger partial charge in [-0.3, -0.25) is 9.59 Å². The zero-order chi connectivity index (χ0) is 16.2. The molecule has 0 aliphatic carbocycles. The summed E-state index contributed by atoms with van der Waals surface area (Å²) in [6.07, 6.45) is 4.56. The lowest BCUT2D eigenvalue weighted by atomic mass is 9.94. The minimum absolute atomic E-state index is 0.0549. The van der Waals surface area contributed by atoms with Gasteiger partial charge in [0.25, 0.3) is 0 Å². The molecule has 0 saturated carbocycles. The second-order valence-electron chi connectivity index (χ2n) is 6.29. The van der Waals surface area contributed by atoms with Gasteiger partial charge < -0.3 is 14.5 Å². The molecule has 0 bridgehead atoms. The summed E-state index contributed by atoms with van der Waals surface area (Å²) >= 11 is 0. The standard InChI is InChI=1S/C18H24N2O3/c1-23-15-7-5-6-14(12-15)16-9-11-20(16)18(22)13-19-10-4-2-3-8-17(19)21/h5-7,12,16H,2-4,8-11,13H2,1H3/t16-/m1/s1. The number of hydrogen-bond acceptors (Lipinski definition) is 3. The van der Waals surface area contributed by atoms with Crippen molar-refractivity contribution in [1.29, 1.82) is 0 Å². The molecule has 2 heterocycles. The van der Waals surface area contributed by atoms with Crippen molar-refractivity contribution in [3.63, 3.8) is 0 Å². The van der Waals surface area contributed by atoms with Crippen molar-refractivity contribution in [2.75, 3.05) is 26.7 Å². The molecule has 124 valence electrons. The Labute approximate surface area is 137 Å². The van der Waals surface area contributed by atoms with Crippen LogP contribution < -0.4 is 4.74 Å². The number of carbonyl (C=O) groups is 2. The fourth-order valence-electron chi connectivity index (χ4n) is 3.34. The third kappa shape index (κ3) is 3.49. The van der Waals surface area contributed by atoms with Crippen molar-refractivity contribution < 1.29 is 14.3 Å². The number of benzene rings is 1. The first kappa shape index (κ1) is 15.8. The fraction of sp³-hybridized carbons (Fsp3) is 0.556. The largest absolute Gasteiger partial charge is 0.497 e. The Bertz CT molecular complexity index is 587. The van der Waals surface area contributed by atoms with Gasteiger partial charge in [-0.1, -0.05) is 18.6 Å². The molecule has 0 unspecified atom stereocenters. The molecule has 0 spiro atoms. The number of nitrogens with zero attached hydrogens (tertiary/aromatic N) is 2. The van der Waals surface area contributed by atoms with E-state index >= 15 is 0 Å². The summed E-state index contributed by atoms with van der Waals surface area (Å²) < 4.78 is 5.26.